The minimum Gasteiger partial charge on any atom is -0.373 e. The molecule has 1 aromatic carbocycles. The van der Waals surface area contributed by atoms with Crippen molar-refractivity contribution in [3.05, 3.63) is 60.4 Å². The van der Waals surface area contributed by atoms with Crippen molar-refractivity contribution in [1.82, 2.24) is 9.97 Å². The van der Waals surface area contributed by atoms with E-state index in [1.807, 2.05) is 30.3 Å². The van der Waals surface area contributed by atoms with Gasteiger partial charge in [0.2, 0.25) is 0 Å². The zero-order valence-corrected chi connectivity index (χ0v) is 11.5. The molecule has 2 N–H and O–H groups in total. The average Bonchev–Trinajstić information content (AvgIpc) is 2.54. The monoisotopic (exact) mass is 278 g/mol. The SMILES string of the molecule is CNc1cc(C(=O)Nc2cnc3ccccc3c2)ccn1. The van der Waals surface area contributed by atoms with Crippen LogP contribution in [0.1, 0.15) is 10.4 Å². The number of fused-ring (bicyclic) bond motifs is 1. The predicted molar refractivity (Wildman–Crippen MR) is 83.5 cm³/mol. The molecule has 0 aliphatic rings. The fourth-order valence-electron chi connectivity index (χ4n) is 2.05. The van der Waals surface area contributed by atoms with Gasteiger partial charge in [0.1, 0.15) is 5.82 Å². The van der Waals surface area contributed by atoms with Crippen molar-refractivity contribution >= 4 is 28.3 Å². The Bertz CT molecular complexity index is 801. The number of carbonyl (C=O) groups is 1. The summed E-state index contributed by atoms with van der Waals surface area (Å²) in [5.74, 6) is 0.463. The molecule has 0 radical (unpaired) electrons. The van der Waals surface area contributed by atoms with Crippen LogP contribution in [0.3, 0.4) is 0 Å². The van der Waals surface area contributed by atoms with Crippen LogP contribution in [0.5, 0.6) is 0 Å². The standard InChI is InChI=1S/C16H14N4O/c1-17-15-9-12(6-7-18-15)16(21)20-13-8-11-4-2-3-5-14(11)19-10-13/h2-10H,1H3,(H,17,18)(H,20,21). The van der Waals surface area contributed by atoms with E-state index in [0.717, 1.165) is 10.9 Å². The molecular formula is C16H14N4O. The van der Waals surface area contributed by atoms with E-state index in [0.29, 0.717) is 17.1 Å². The van der Waals surface area contributed by atoms with Crippen molar-refractivity contribution in [2.45, 2.75) is 0 Å². The van der Waals surface area contributed by atoms with E-state index in [4.69, 9.17) is 0 Å². The molecule has 2 heterocycles. The van der Waals surface area contributed by atoms with Crippen LogP contribution in [0.15, 0.2) is 54.9 Å². The largest absolute Gasteiger partial charge is 0.373 e. The Balaban J connectivity index is 1.85. The normalized spacial score (nSPS) is 10.3. The zero-order chi connectivity index (χ0) is 14.7. The number of hydrogen-bond acceptors (Lipinski definition) is 4. The van der Waals surface area contributed by atoms with E-state index in [1.165, 1.54) is 0 Å². The number of anilines is 2. The van der Waals surface area contributed by atoms with Gasteiger partial charge in [0.05, 0.1) is 17.4 Å². The van der Waals surface area contributed by atoms with Gasteiger partial charge in [-0.1, -0.05) is 18.2 Å². The van der Waals surface area contributed by atoms with Crippen LogP contribution >= 0.6 is 0 Å². The second-order valence-corrected chi connectivity index (χ2v) is 4.55. The van der Waals surface area contributed by atoms with Gasteiger partial charge >= 0.3 is 0 Å². The van der Waals surface area contributed by atoms with Gasteiger partial charge in [-0.05, 0) is 24.3 Å². The Labute approximate surface area is 122 Å². The zero-order valence-electron chi connectivity index (χ0n) is 11.5. The van der Waals surface area contributed by atoms with Crippen LogP contribution < -0.4 is 10.6 Å². The molecule has 3 rings (SSSR count). The summed E-state index contributed by atoms with van der Waals surface area (Å²) in [7, 11) is 1.76. The number of benzene rings is 1. The van der Waals surface area contributed by atoms with Crippen molar-refractivity contribution in [3.63, 3.8) is 0 Å². The number of aromatic nitrogens is 2. The number of nitrogens with zero attached hydrogens (tertiary/aromatic N) is 2. The number of pyridine rings is 2. The molecule has 0 spiro atoms. The van der Waals surface area contributed by atoms with E-state index in [-0.39, 0.29) is 5.91 Å². The first-order valence-electron chi connectivity index (χ1n) is 6.56. The van der Waals surface area contributed by atoms with Crippen LogP contribution in [-0.2, 0) is 0 Å². The summed E-state index contributed by atoms with van der Waals surface area (Å²) in [5, 5.41) is 6.74. The highest BCUT2D eigenvalue weighted by molar-refractivity contribution is 6.05. The smallest absolute Gasteiger partial charge is 0.255 e. The first-order chi connectivity index (χ1) is 10.3. The van der Waals surface area contributed by atoms with Crippen LogP contribution in [0.4, 0.5) is 11.5 Å². The molecule has 104 valence electrons. The highest BCUT2D eigenvalue weighted by atomic mass is 16.1. The summed E-state index contributed by atoms with van der Waals surface area (Å²) in [6.45, 7) is 0. The minimum absolute atomic E-state index is 0.189. The summed E-state index contributed by atoms with van der Waals surface area (Å²) in [5.41, 5.74) is 2.11. The van der Waals surface area contributed by atoms with E-state index in [9.17, 15) is 4.79 Å². The summed E-state index contributed by atoms with van der Waals surface area (Å²) in [6, 6.07) is 13.0. The molecule has 0 unspecified atom stereocenters. The molecule has 0 atom stereocenters. The van der Waals surface area contributed by atoms with Crippen molar-refractivity contribution in [3.8, 4) is 0 Å². The predicted octanol–water partition coefficient (Wildman–Crippen LogP) is 2.92. The Morgan fingerprint density at radius 2 is 1.95 bits per heavy atom. The minimum atomic E-state index is -0.189. The Kier molecular flexibility index (Phi) is 3.47. The maximum Gasteiger partial charge on any atom is 0.255 e. The lowest BCUT2D eigenvalue weighted by Gasteiger charge is -2.07. The summed E-state index contributed by atoms with van der Waals surface area (Å²) >= 11 is 0. The van der Waals surface area contributed by atoms with Crippen molar-refractivity contribution in [1.29, 1.82) is 0 Å². The topological polar surface area (TPSA) is 66.9 Å². The number of para-hydroxylation sites is 1. The molecule has 5 nitrogen and oxygen atoms in total. The van der Waals surface area contributed by atoms with E-state index in [1.54, 1.807) is 31.6 Å². The first-order valence-corrected chi connectivity index (χ1v) is 6.56. The van der Waals surface area contributed by atoms with Crippen molar-refractivity contribution < 1.29 is 4.79 Å². The lowest BCUT2D eigenvalue weighted by atomic mass is 10.2. The molecule has 0 saturated carbocycles. The second-order valence-electron chi connectivity index (χ2n) is 4.55. The lowest BCUT2D eigenvalue weighted by molar-refractivity contribution is 0.102. The van der Waals surface area contributed by atoms with E-state index >= 15 is 0 Å². The number of nitrogens with one attached hydrogen (secondary N) is 2. The molecule has 0 aliphatic carbocycles. The molecule has 5 heteroatoms. The summed E-state index contributed by atoms with van der Waals surface area (Å²) < 4.78 is 0. The molecule has 0 fully saturated rings. The molecule has 2 aromatic heterocycles. The Hall–Kier alpha value is -2.95. The number of amides is 1. The fourth-order valence-corrected chi connectivity index (χ4v) is 2.05. The van der Waals surface area contributed by atoms with Gasteiger partial charge < -0.3 is 10.6 Å². The molecule has 1 amide bonds. The number of hydrogen-bond donors (Lipinski definition) is 2. The molecule has 3 aromatic rings. The summed E-state index contributed by atoms with van der Waals surface area (Å²) in [4.78, 5) is 20.6. The number of carbonyl (C=O) groups excluding carboxylic acids is 1. The van der Waals surface area contributed by atoms with Gasteiger partial charge in [0, 0.05) is 24.2 Å². The van der Waals surface area contributed by atoms with Crippen LogP contribution in [-0.4, -0.2) is 22.9 Å². The van der Waals surface area contributed by atoms with Gasteiger partial charge in [0.15, 0.2) is 0 Å². The third-order valence-electron chi connectivity index (χ3n) is 3.13. The van der Waals surface area contributed by atoms with Gasteiger partial charge in [0.25, 0.3) is 5.91 Å². The lowest BCUT2D eigenvalue weighted by Crippen LogP contribution is -2.12. The van der Waals surface area contributed by atoms with Crippen LogP contribution in [0, 0.1) is 0 Å². The Morgan fingerprint density at radius 3 is 2.81 bits per heavy atom. The third-order valence-corrected chi connectivity index (χ3v) is 3.13. The molecular weight excluding hydrogens is 264 g/mol. The summed E-state index contributed by atoms with van der Waals surface area (Å²) in [6.07, 6.45) is 3.25. The maximum atomic E-state index is 12.2. The Morgan fingerprint density at radius 1 is 1.10 bits per heavy atom. The first kappa shape index (κ1) is 13.1. The molecule has 0 aliphatic heterocycles. The maximum absolute atomic E-state index is 12.2. The second kappa shape index (κ2) is 5.58. The van der Waals surface area contributed by atoms with E-state index in [2.05, 4.69) is 20.6 Å². The van der Waals surface area contributed by atoms with Gasteiger partial charge in [-0.15, -0.1) is 0 Å². The van der Waals surface area contributed by atoms with Crippen LogP contribution in [0.2, 0.25) is 0 Å². The van der Waals surface area contributed by atoms with Crippen molar-refractivity contribution in [2.75, 3.05) is 17.7 Å². The molecule has 0 bridgehead atoms. The molecule has 21 heavy (non-hydrogen) atoms. The average molecular weight is 278 g/mol. The van der Waals surface area contributed by atoms with Gasteiger partial charge in [-0.3, -0.25) is 9.78 Å². The number of rotatable bonds is 3. The quantitative estimate of drug-likeness (QED) is 0.773. The van der Waals surface area contributed by atoms with Gasteiger partial charge in [-0.2, -0.15) is 0 Å². The van der Waals surface area contributed by atoms with Gasteiger partial charge in [-0.25, -0.2) is 4.98 Å². The highest BCUT2D eigenvalue weighted by Crippen LogP contribution is 2.17. The fraction of sp³-hybridized carbons (Fsp3) is 0.0625. The van der Waals surface area contributed by atoms with Crippen LogP contribution in [0.25, 0.3) is 10.9 Å². The van der Waals surface area contributed by atoms with E-state index < -0.39 is 0 Å². The highest BCUT2D eigenvalue weighted by Gasteiger charge is 2.07. The third kappa shape index (κ3) is 2.81. The molecule has 0 saturated heterocycles. The van der Waals surface area contributed by atoms with Crippen molar-refractivity contribution in [2.24, 2.45) is 0 Å².